The second-order valence-electron chi connectivity index (χ2n) is 7.81. The number of aromatic amines is 1. The van der Waals surface area contributed by atoms with Gasteiger partial charge in [-0.2, -0.15) is 10.2 Å². The van der Waals surface area contributed by atoms with Crippen LogP contribution in [0, 0.1) is 0 Å². The molecule has 5 aromatic rings. The predicted octanol–water partition coefficient (Wildman–Crippen LogP) is 6.05. The van der Waals surface area contributed by atoms with Gasteiger partial charge in [0.2, 0.25) is 0 Å². The molecule has 1 aromatic heterocycles. The van der Waals surface area contributed by atoms with Crippen LogP contribution in [0.25, 0.3) is 33.2 Å². The van der Waals surface area contributed by atoms with Gasteiger partial charge < -0.3 is 0 Å². The van der Waals surface area contributed by atoms with Crippen molar-refractivity contribution < 1.29 is 4.79 Å². The molecule has 0 saturated heterocycles. The second kappa shape index (κ2) is 8.93. The molecular weight excluding hydrogens is 408 g/mol. The highest BCUT2D eigenvalue weighted by molar-refractivity contribution is 6.01. The number of rotatable bonds is 5. The standard InChI is InChI=1S/C28H22N4O/c1-19(20-11-13-23(14-12-20)21-7-3-2-4-8-21)29-32-28(33)27-18-26(30-31-27)25-16-15-22-9-5-6-10-24(22)17-25/h2-18H,1H3,(H,30,31)(H,32,33). The van der Waals surface area contributed by atoms with Gasteiger partial charge >= 0.3 is 0 Å². The molecule has 5 heteroatoms. The van der Waals surface area contributed by atoms with Gasteiger partial charge in [0, 0.05) is 5.56 Å². The first kappa shape index (κ1) is 20.4. The Morgan fingerprint density at radius 1 is 0.758 bits per heavy atom. The molecule has 0 atom stereocenters. The van der Waals surface area contributed by atoms with Crippen LogP contribution in [0.1, 0.15) is 23.0 Å². The van der Waals surface area contributed by atoms with Crippen LogP contribution in [0.3, 0.4) is 0 Å². The van der Waals surface area contributed by atoms with Crippen molar-refractivity contribution in [2.24, 2.45) is 5.10 Å². The van der Waals surface area contributed by atoms with Gasteiger partial charge in [-0.3, -0.25) is 9.89 Å². The monoisotopic (exact) mass is 430 g/mol. The Morgan fingerprint density at radius 3 is 2.21 bits per heavy atom. The highest BCUT2D eigenvalue weighted by atomic mass is 16.2. The normalized spacial score (nSPS) is 11.5. The van der Waals surface area contributed by atoms with Crippen molar-refractivity contribution in [3.63, 3.8) is 0 Å². The number of carbonyl (C=O) groups is 1. The molecule has 0 saturated carbocycles. The van der Waals surface area contributed by atoms with Gasteiger partial charge in [0.15, 0.2) is 0 Å². The molecule has 0 bridgehead atoms. The first-order chi connectivity index (χ1) is 16.2. The van der Waals surface area contributed by atoms with E-state index in [0.29, 0.717) is 11.4 Å². The fourth-order valence-electron chi connectivity index (χ4n) is 3.73. The average molecular weight is 431 g/mol. The molecule has 1 heterocycles. The van der Waals surface area contributed by atoms with E-state index >= 15 is 0 Å². The Labute approximate surface area is 191 Å². The zero-order valence-corrected chi connectivity index (χ0v) is 18.1. The summed E-state index contributed by atoms with van der Waals surface area (Å²) in [5.41, 5.74) is 8.58. The third kappa shape index (κ3) is 4.43. The predicted molar refractivity (Wildman–Crippen MR) is 133 cm³/mol. The number of fused-ring (bicyclic) bond motifs is 1. The van der Waals surface area contributed by atoms with Crippen molar-refractivity contribution in [2.45, 2.75) is 6.92 Å². The Hall–Kier alpha value is -4.51. The van der Waals surface area contributed by atoms with Gasteiger partial charge in [-0.1, -0.05) is 91.0 Å². The first-order valence-corrected chi connectivity index (χ1v) is 10.7. The Bertz CT molecular complexity index is 1450. The number of nitrogens with one attached hydrogen (secondary N) is 2. The van der Waals surface area contributed by atoms with Crippen LogP contribution in [0.5, 0.6) is 0 Å². The SMILES string of the molecule is CC(=NNC(=O)c1cc(-c2ccc3ccccc3c2)n[nH]1)c1ccc(-c2ccccc2)cc1. The lowest BCUT2D eigenvalue weighted by Crippen LogP contribution is -2.19. The lowest BCUT2D eigenvalue weighted by atomic mass is 10.0. The van der Waals surface area contributed by atoms with E-state index < -0.39 is 0 Å². The molecule has 0 aliphatic carbocycles. The highest BCUT2D eigenvalue weighted by Gasteiger charge is 2.11. The smallest absolute Gasteiger partial charge is 0.272 e. The molecule has 5 rings (SSSR count). The summed E-state index contributed by atoms with van der Waals surface area (Å²) in [5, 5.41) is 13.7. The molecule has 0 radical (unpaired) electrons. The number of hydrogen-bond donors (Lipinski definition) is 2. The molecule has 0 aliphatic rings. The molecule has 0 unspecified atom stereocenters. The Kier molecular flexibility index (Phi) is 5.52. The summed E-state index contributed by atoms with van der Waals surface area (Å²) < 4.78 is 0. The van der Waals surface area contributed by atoms with E-state index in [1.165, 1.54) is 0 Å². The van der Waals surface area contributed by atoms with Crippen LogP contribution in [0.2, 0.25) is 0 Å². The number of hydrogen-bond acceptors (Lipinski definition) is 3. The maximum Gasteiger partial charge on any atom is 0.289 e. The molecule has 33 heavy (non-hydrogen) atoms. The molecular formula is C28H22N4O. The summed E-state index contributed by atoms with van der Waals surface area (Å²) in [6, 6.07) is 34.3. The Balaban J connectivity index is 1.28. The lowest BCUT2D eigenvalue weighted by molar-refractivity contribution is 0.0950. The number of amides is 1. The summed E-state index contributed by atoms with van der Waals surface area (Å²) in [5.74, 6) is -0.338. The largest absolute Gasteiger partial charge is 0.289 e. The summed E-state index contributed by atoms with van der Waals surface area (Å²) >= 11 is 0. The minimum atomic E-state index is -0.338. The van der Waals surface area contributed by atoms with Gasteiger partial charge in [-0.05, 0) is 46.5 Å². The van der Waals surface area contributed by atoms with Gasteiger partial charge in [0.1, 0.15) is 5.69 Å². The number of hydrazone groups is 1. The van der Waals surface area contributed by atoms with E-state index in [2.05, 4.69) is 69.3 Å². The van der Waals surface area contributed by atoms with E-state index in [-0.39, 0.29) is 5.91 Å². The molecule has 4 aromatic carbocycles. The summed E-state index contributed by atoms with van der Waals surface area (Å²) in [7, 11) is 0. The average Bonchev–Trinajstić information content (AvgIpc) is 3.38. The number of carbonyl (C=O) groups excluding carboxylic acids is 1. The number of nitrogens with zero attached hydrogens (tertiary/aromatic N) is 2. The fraction of sp³-hybridized carbons (Fsp3) is 0.0357. The van der Waals surface area contributed by atoms with Crippen molar-refractivity contribution in [2.75, 3.05) is 0 Å². The molecule has 1 amide bonds. The van der Waals surface area contributed by atoms with Crippen molar-refractivity contribution in [1.82, 2.24) is 15.6 Å². The van der Waals surface area contributed by atoms with Crippen molar-refractivity contribution in [1.29, 1.82) is 0 Å². The second-order valence-corrected chi connectivity index (χ2v) is 7.81. The maximum absolute atomic E-state index is 12.6. The number of H-pyrrole nitrogens is 1. The van der Waals surface area contributed by atoms with E-state index in [1.807, 2.05) is 55.5 Å². The zero-order chi connectivity index (χ0) is 22.6. The summed E-state index contributed by atoms with van der Waals surface area (Å²) in [6.45, 7) is 1.87. The van der Waals surface area contributed by atoms with Crippen LogP contribution in [-0.4, -0.2) is 21.8 Å². The topological polar surface area (TPSA) is 70.1 Å². The molecule has 2 N–H and O–H groups in total. The third-order valence-electron chi connectivity index (χ3n) is 5.60. The third-order valence-corrected chi connectivity index (χ3v) is 5.60. The summed E-state index contributed by atoms with van der Waals surface area (Å²) in [6.07, 6.45) is 0. The maximum atomic E-state index is 12.6. The molecule has 5 nitrogen and oxygen atoms in total. The molecule has 160 valence electrons. The zero-order valence-electron chi connectivity index (χ0n) is 18.1. The van der Waals surface area contributed by atoms with Crippen LogP contribution >= 0.6 is 0 Å². The quantitative estimate of drug-likeness (QED) is 0.263. The fourth-order valence-corrected chi connectivity index (χ4v) is 3.73. The van der Waals surface area contributed by atoms with Crippen LogP contribution in [-0.2, 0) is 0 Å². The summed E-state index contributed by atoms with van der Waals surface area (Å²) in [4.78, 5) is 12.6. The minimum absolute atomic E-state index is 0.338. The van der Waals surface area contributed by atoms with E-state index in [9.17, 15) is 4.79 Å². The van der Waals surface area contributed by atoms with Gasteiger partial charge in [-0.25, -0.2) is 5.43 Å². The van der Waals surface area contributed by atoms with Crippen LogP contribution in [0.4, 0.5) is 0 Å². The van der Waals surface area contributed by atoms with Gasteiger partial charge in [0.25, 0.3) is 5.91 Å². The van der Waals surface area contributed by atoms with E-state index in [1.54, 1.807) is 6.07 Å². The van der Waals surface area contributed by atoms with Gasteiger partial charge in [0.05, 0.1) is 11.4 Å². The lowest BCUT2D eigenvalue weighted by Gasteiger charge is -2.05. The van der Waals surface area contributed by atoms with Crippen LogP contribution < -0.4 is 5.43 Å². The first-order valence-electron chi connectivity index (χ1n) is 10.7. The van der Waals surface area contributed by atoms with Crippen molar-refractivity contribution in [3.8, 4) is 22.4 Å². The Morgan fingerprint density at radius 2 is 1.42 bits per heavy atom. The molecule has 0 aliphatic heterocycles. The van der Waals surface area contributed by atoms with Crippen molar-refractivity contribution in [3.05, 3.63) is 114 Å². The number of aromatic nitrogens is 2. The van der Waals surface area contributed by atoms with Crippen molar-refractivity contribution >= 4 is 22.4 Å². The molecule has 0 spiro atoms. The highest BCUT2D eigenvalue weighted by Crippen LogP contribution is 2.23. The minimum Gasteiger partial charge on any atom is -0.272 e. The number of benzene rings is 4. The molecule has 0 fully saturated rings. The van der Waals surface area contributed by atoms with E-state index in [0.717, 1.165) is 38.7 Å². The van der Waals surface area contributed by atoms with Crippen LogP contribution in [0.15, 0.2) is 108 Å². The van der Waals surface area contributed by atoms with E-state index in [4.69, 9.17) is 0 Å². The van der Waals surface area contributed by atoms with Gasteiger partial charge in [-0.15, -0.1) is 0 Å².